The Kier molecular flexibility index (Phi) is 5.22. The number of aromatic nitrogens is 3. The standard InChI is InChI=1S/C18H26N4O3/c1-13-9-14(2)11-20(10-13)16(23)12-22-15-5-4-6-19-17(15)21(18(22)24)7-8-25-3/h4-6,13-14H,7-12H2,1-3H3. The van der Waals surface area contributed by atoms with E-state index in [0.29, 0.717) is 36.2 Å². The van der Waals surface area contributed by atoms with Crippen molar-refractivity contribution in [2.75, 3.05) is 26.8 Å². The fourth-order valence-electron chi connectivity index (χ4n) is 3.79. The molecule has 1 amide bonds. The number of methoxy groups -OCH3 is 1. The summed E-state index contributed by atoms with van der Waals surface area (Å²) in [7, 11) is 1.60. The monoisotopic (exact) mass is 346 g/mol. The molecule has 1 aliphatic rings. The predicted octanol–water partition coefficient (Wildman–Crippen LogP) is 1.35. The van der Waals surface area contributed by atoms with Crippen molar-refractivity contribution < 1.29 is 9.53 Å². The van der Waals surface area contributed by atoms with Crippen molar-refractivity contribution in [3.05, 3.63) is 28.8 Å². The number of pyridine rings is 1. The number of rotatable bonds is 5. The lowest BCUT2D eigenvalue weighted by Gasteiger charge is -2.35. The molecule has 0 radical (unpaired) electrons. The molecule has 136 valence electrons. The van der Waals surface area contributed by atoms with Crippen molar-refractivity contribution >= 4 is 17.1 Å². The van der Waals surface area contributed by atoms with Crippen LogP contribution < -0.4 is 5.69 Å². The highest BCUT2D eigenvalue weighted by Crippen LogP contribution is 2.21. The fourth-order valence-corrected chi connectivity index (χ4v) is 3.79. The number of ether oxygens (including phenoxy) is 1. The second kappa shape index (κ2) is 7.39. The minimum atomic E-state index is -0.211. The van der Waals surface area contributed by atoms with Crippen LogP contribution in [0.2, 0.25) is 0 Å². The second-order valence-electron chi connectivity index (χ2n) is 7.10. The highest BCUT2D eigenvalue weighted by atomic mass is 16.5. The molecule has 2 unspecified atom stereocenters. The van der Waals surface area contributed by atoms with Gasteiger partial charge in [0, 0.05) is 26.4 Å². The first-order valence-electron chi connectivity index (χ1n) is 8.82. The maximum absolute atomic E-state index is 12.8. The van der Waals surface area contributed by atoms with Crippen molar-refractivity contribution in [3.8, 4) is 0 Å². The fraction of sp³-hybridized carbons (Fsp3) is 0.611. The molecule has 1 aliphatic heterocycles. The van der Waals surface area contributed by atoms with Crippen LogP contribution in [0.25, 0.3) is 11.2 Å². The Balaban J connectivity index is 1.89. The molecule has 0 N–H and O–H groups in total. The summed E-state index contributed by atoms with van der Waals surface area (Å²) >= 11 is 0. The van der Waals surface area contributed by atoms with E-state index in [-0.39, 0.29) is 18.1 Å². The van der Waals surface area contributed by atoms with Crippen LogP contribution >= 0.6 is 0 Å². The molecular formula is C18H26N4O3. The number of likely N-dealkylation sites (tertiary alicyclic amines) is 1. The molecule has 1 fully saturated rings. The van der Waals surface area contributed by atoms with E-state index >= 15 is 0 Å². The number of nitrogens with zero attached hydrogens (tertiary/aromatic N) is 4. The average Bonchev–Trinajstić information content (AvgIpc) is 2.84. The van der Waals surface area contributed by atoms with Gasteiger partial charge in [0.25, 0.3) is 0 Å². The van der Waals surface area contributed by atoms with Gasteiger partial charge in [-0.25, -0.2) is 9.78 Å². The molecule has 7 heteroatoms. The molecule has 1 saturated heterocycles. The minimum absolute atomic E-state index is 0.00450. The van der Waals surface area contributed by atoms with Crippen LogP contribution in [0.5, 0.6) is 0 Å². The normalized spacial score (nSPS) is 21.0. The number of hydrogen-bond acceptors (Lipinski definition) is 4. The lowest BCUT2D eigenvalue weighted by atomic mass is 9.92. The van der Waals surface area contributed by atoms with Crippen molar-refractivity contribution in [2.24, 2.45) is 11.8 Å². The highest BCUT2D eigenvalue weighted by Gasteiger charge is 2.26. The summed E-state index contributed by atoms with van der Waals surface area (Å²) in [5.41, 5.74) is 1.07. The van der Waals surface area contributed by atoms with E-state index in [9.17, 15) is 9.59 Å². The van der Waals surface area contributed by atoms with Gasteiger partial charge < -0.3 is 9.64 Å². The van der Waals surface area contributed by atoms with Crippen LogP contribution in [0, 0.1) is 11.8 Å². The third kappa shape index (κ3) is 3.61. The van der Waals surface area contributed by atoms with Crippen molar-refractivity contribution in [2.45, 2.75) is 33.4 Å². The first kappa shape index (κ1) is 17.7. The average molecular weight is 346 g/mol. The molecule has 3 heterocycles. The summed E-state index contributed by atoms with van der Waals surface area (Å²) in [6.07, 6.45) is 2.80. The Bertz CT molecular complexity index is 800. The molecule has 7 nitrogen and oxygen atoms in total. The number of amides is 1. The summed E-state index contributed by atoms with van der Waals surface area (Å²) in [5.74, 6) is 0.985. The van der Waals surface area contributed by atoms with Gasteiger partial charge in [-0.05, 0) is 30.4 Å². The van der Waals surface area contributed by atoms with Crippen molar-refractivity contribution in [1.82, 2.24) is 19.0 Å². The smallest absolute Gasteiger partial charge is 0.330 e. The van der Waals surface area contributed by atoms with Crippen LogP contribution in [0.1, 0.15) is 20.3 Å². The zero-order valence-electron chi connectivity index (χ0n) is 15.1. The number of piperidine rings is 1. The maximum Gasteiger partial charge on any atom is 0.330 e. The predicted molar refractivity (Wildman–Crippen MR) is 95.4 cm³/mol. The van der Waals surface area contributed by atoms with Gasteiger partial charge >= 0.3 is 5.69 Å². The summed E-state index contributed by atoms with van der Waals surface area (Å²) < 4.78 is 8.20. The van der Waals surface area contributed by atoms with E-state index in [4.69, 9.17) is 4.74 Å². The lowest BCUT2D eigenvalue weighted by Crippen LogP contribution is -2.45. The first-order chi connectivity index (χ1) is 12.0. The SMILES string of the molecule is COCCn1c(=O)n(CC(=O)N2CC(C)CC(C)C2)c2cccnc21. The van der Waals surface area contributed by atoms with E-state index in [1.54, 1.807) is 23.9 Å². The zero-order valence-corrected chi connectivity index (χ0v) is 15.1. The third-order valence-electron chi connectivity index (χ3n) is 4.81. The van der Waals surface area contributed by atoms with Crippen LogP contribution in [-0.2, 0) is 22.6 Å². The number of fused-ring (bicyclic) bond motifs is 1. The molecule has 3 rings (SSSR count). The Morgan fingerprint density at radius 2 is 2.00 bits per heavy atom. The van der Waals surface area contributed by atoms with E-state index in [0.717, 1.165) is 19.5 Å². The molecule has 2 aromatic heterocycles. The van der Waals surface area contributed by atoms with Gasteiger partial charge in [-0.2, -0.15) is 0 Å². The van der Waals surface area contributed by atoms with E-state index in [1.165, 1.54) is 4.57 Å². The van der Waals surface area contributed by atoms with Gasteiger partial charge in [0.2, 0.25) is 5.91 Å². The summed E-state index contributed by atoms with van der Waals surface area (Å²) in [6.45, 7) is 6.76. The minimum Gasteiger partial charge on any atom is -0.383 e. The molecule has 25 heavy (non-hydrogen) atoms. The van der Waals surface area contributed by atoms with Crippen molar-refractivity contribution in [1.29, 1.82) is 0 Å². The topological polar surface area (TPSA) is 69.4 Å². The Morgan fingerprint density at radius 1 is 1.28 bits per heavy atom. The Hall–Kier alpha value is -2.15. The molecular weight excluding hydrogens is 320 g/mol. The Morgan fingerprint density at radius 3 is 2.68 bits per heavy atom. The van der Waals surface area contributed by atoms with Gasteiger partial charge in [-0.3, -0.25) is 13.9 Å². The first-order valence-corrected chi connectivity index (χ1v) is 8.82. The molecule has 0 saturated carbocycles. The van der Waals surface area contributed by atoms with Gasteiger partial charge in [-0.15, -0.1) is 0 Å². The van der Waals surface area contributed by atoms with Crippen LogP contribution in [0.4, 0.5) is 0 Å². The van der Waals surface area contributed by atoms with Gasteiger partial charge in [0.15, 0.2) is 5.65 Å². The van der Waals surface area contributed by atoms with Gasteiger partial charge in [-0.1, -0.05) is 13.8 Å². The van der Waals surface area contributed by atoms with Gasteiger partial charge in [0.1, 0.15) is 6.54 Å². The number of hydrogen-bond donors (Lipinski definition) is 0. The molecule has 2 atom stereocenters. The summed E-state index contributed by atoms with van der Waals surface area (Å²) in [6, 6.07) is 3.62. The lowest BCUT2D eigenvalue weighted by molar-refractivity contribution is -0.134. The largest absolute Gasteiger partial charge is 0.383 e. The zero-order chi connectivity index (χ0) is 18.0. The molecule has 0 aliphatic carbocycles. The molecule has 2 aromatic rings. The molecule has 0 bridgehead atoms. The number of imidazole rings is 1. The molecule has 0 spiro atoms. The van der Waals surface area contributed by atoms with E-state index in [2.05, 4.69) is 18.8 Å². The second-order valence-corrected chi connectivity index (χ2v) is 7.10. The molecule has 0 aromatic carbocycles. The summed E-state index contributed by atoms with van der Waals surface area (Å²) in [5, 5.41) is 0. The van der Waals surface area contributed by atoms with Crippen LogP contribution in [0.3, 0.4) is 0 Å². The third-order valence-corrected chi connectivity index (χ3v) is 4.81. The van der Waals surface area contributed by atoms with Crippen LogP contribution in [0.15, 0.2) is 23.1 Å². The van der Waals surface area contributed by atoms with E-state index in [1.807, 2.05) is 11.0 Å². The summed E-state index contributed by atoms with van der Waals surface area (Å²) in [4.78, 5) is 31.8. The van der Waals surface area contributed by atoms with E-state index < -0.39 is 0 Å². The maximum atomic E-state index is 12.8. The highest BCUT2D eigenvalue weighted by molar-refractivity contribution is 5.79. The quantitative estimate of drug-likeness (QED) is 0.819. The number of carbonyl (C=O) groups excluding carboxylic acids is 1. The van der Waals surface area contributed by atoms with Crippen LogP contribution in [-0.4, -0.2) is 51.7 Å². The van der Waals surface area contributed by atoms with Gasteiger partial charge in [0.05, 0.1) is 18.7 Å². The Labute approximate surface area is 147 Å². The van der Waals surface area contributed by atoms with Crippen molar-refractivity contribution in [3.63, 3.8) is 0 Å². The number of carbonyl (C=O) groups is 1.